The van der Waals surface area contributed by atoms with Crippen molar-refractivity contribution in [3.63, 3.8) is 0 Å². The van der Waals surface area contributed by atoms with Crippen LogP contribution in [0, 0.1) is 23.0 Å². The normalized spacial score (nSPS) is 32.8. The number of carbonyl (C=O) groups is 2. The molecular weight excluding hydrogens is 498 g/mol. The highest BCUT2D eigenvalue weighted by Gasteiger charge is 2.66. The molecule has 5 nitrogen and oxygen atoms in total. The van der Waals surface area contributed by atoms with Gasteiger partial charge in [-0.3, -0.25) is 9.59 Å². The molecule has 1 spiro atoms. The van der Waals surface area contributed by atoms with Gasteiger partial charge in [-0.2, -0.15) is 0 Å². The molecule has 3 N–H and O–H groups in total. The number of ketones is 1. The SMILES string of the molecule is CC(C)(C)C[C@H]1N[C@@H](C(=O)CC2CC(C)(O)C2)[C@H](c2cccc(F)c2F)[C@@]12C(=O)Nc1cc(Cl)ccc12. The van der Waals surface area contributed by atoms with Crippen LogP contribution in [-0.4, -0.2) is 34.5 Å². The van der Waals surface area contributed by atoms with E-state index in [4.69, 9.17) is 11.6 Å². The van der Waals surface area contributed by atoms with E-state index in [1.807, 2.05) is 20.8 Å². The van der Waals surface area contributed by atoms with Crippen molar-refractivity contribution in [3.05, 3.63) is 64.2 Å². The molecule has 2 aliphatic heterocycles. The zero-order chi connectivity index (χ0) is 26.9. The summed E-state index contributed by atoms with van der Waals surface area (Å²) in [5.41, 5.74) is -1.24. The van der Waals surface area contributed by atoms with Gasteiger partial charge in [-0.25, -0.2) is 8.78 Å². The molecule has 1 aliphatic carbocycles. The highest BCUT2D eigenvalue weighted by atomic mass is 35.5. The van der Waals surface area contributed by atoms with E-state index in [9.17, 15) is 19.1 Å². The van der Waals surface area contributed by atoms with E-state index < -0.39 is 40.7 Å². The maximum Gasteiger partial charge on any atom is 0.237 e. The molecule has 4 atom stereocenters. The predicted octanol–water partition coefficient (Wildman–Crippen LogP) is 5.49. The van der Waals surface area contributed by atoms with Crippen LogP contribution < -0.4 is 10.6 Å². The van der Waals surface area contributed by atoms with Gasteiger partial charge in [-0.05, 0) is 66.8 Å². The smallest absolute Gasteiger partial charge is 0.237 e. The first-order valence-electron chi connectivity index (χ1n) is 12.8. The van der Waals surface area contributed by atoms with Gasteiger partial charge in [0.1, 0.15) is 5.41 Å². The Hall–Kier alpha value is -2.35. The molecule has 0 aromatic heterocycles. The topological polar surface area (TPSA) is 78.4 Å². The molecule has 0 unspecified atom stereocenters. The highest BCUT2D eigenvalue weighted by molar-refractivity contribution is 6.31. The fourth-order valence-electron chi connectivity index (χ4n) is 6.94. The van der Waals surface area contributed by atoms with Crippen LogP contribution in [0.5, 0.6) is 0 Å². The maximum atomic E-state index is 15.5. The fraction of sp³-hybridized carbons (Fsp3) is 0.517. The number of carbonyl (C=O) groups excluding carboxylic acids is 2. The second-order valence-corrected chi connectivity index (χ2v) is 13.0. The Morgan fingerprint density at radius 2 is 1.89 bits per heavy atom. The summed E-state index contributed by atoms with van der Waals surface area (Å²) in [5.74, 6) is -3.58. The molecule has 3 aliphatic rings. The van der Waals surface area contributed by atoms with Gasteiger partial charge in [0.15, 0.2) is 17.4 Å². The summed E-state index contributed by atoms with van der Waals surface area (Å²) >= 11 is 6.24. The van der Waals surface area contributed by atoms with Crippen LogP contribution in [-0.2, 0) is 15.0 Å². The molecule has 1 saturated carbocycles. The molecule has 0 bridgehead atoms. The second-order valence-electron chi connectivity index (χ2n) is 12.5. The average molecular weight is 531 g/mol. The van der Waals surface area contributed by atoms with Gasteiger partial charge in [0.05, 0.1) is 11.6 Å². The van der Waals surface area contributed by atoms with Crippen molar-refractivity contribution >= 4 is 29.0 Å². The summed E-state index contributed by atoms with van der Waals surface area (Å²) in [4.78, 5) is 27.9. The minimum atomic E-state index is -1.35. The van der Waals surface area contributed by atoms with Crippen LogP contribution >= 0.6 is 11.6 Å². The van der Waals surface area contributed by atoms with E-state index in [0.717, 1.165) is 6.07 Å². The summed E-state index contributed by atoms with van der Waals surface area (Å²) in [5, 5.41) is 17.0. The third kappa shape index (κ3) is 4.39. The van der Waals surface area contributed by atoms with Crippen LogP contribution in [0.15, 0.2) is 36.4 Å². The van der Waals surface area contributed by atoms with Crippen molar-refractivity contribution in [1.82, 2.24) is 5.32 Å². The number of anilines is 1. The minimum Gasteiger partial charge on any atom is -0.390 e. The summed E-state index contributed by atoms with van der Waals surface area (Å²) in [6.07, 6.45) is 1.71. The van der Waals surface area contributed by atoms with Crippen molar-refractivity contribution in [1.29, 1.82) is 0 Å². The van der Waals surface area contributed by atoms with Gasteiger partial charge in [0.25, 0.3) is 0 Å². The lowest BCUT2D eigenvalue weighted by Crippen LogP contribution is -2.49. The summed E-state index contributed by atoms with van der Waals surface area (Å²) in [6, 6.07) is 7.58. The standard InChI is InChI=1S/C29H33ClF2N2O3/c1-27(2,3)14-22-29(18-9-8-16(30)11-20(18)33-26(29)36)23(17-6-5-7-19(31)24(17)32)25(34-22)21(35)10-15-12-28(4,37)13-15/h5-9,11,15,22-23,25,34,37H,10,12-14H2,1-4H3,(H,33,36)/t15?,22-,23+,25+,28?,29+/m1/s1. The number of halogens is 3. The molecular formula is C29H33ClF2N2O3. The first kappa shape index (κ1) is 26.3. The van der Waals surface area contributed by atoms with Crippen LogP contribution in [0.25, 0.3) is 0 Å². The number of Topliss-reactive ketones (excluding diaryl/α,β-unsaturated/α-hetero) is 1. The predicted molar refractivity (Wildman–Crippen MR) is 139 cm³/mol. The summed E-state index contributed by atoms with van der Waals surface area (Å²) in [7, 11) is 0. The van der Waals surface area contributed by atoms with Crippen LogP contribution in [0.2, 0.25) is 5.02 Å². The van der Waals surface area contributed by atoms with Gasteiger partial charge >= 0.3 is 0 Å². The Labute approximate surface area is 221 Å². The summed E-state index contributed by atoms with van der Waals surface area (Å²) in [6.45, 7) is 7.87. The lowest BCUT2D eigenvalue weighted by Gasteiger charge is -2.41. The average Bonchev–Trinajstić information content (AvgIpc) is 3.23. The first-order chi connectivity index (χ1) is 17.2. The van der Waals surface area contributed by atoms with E-state index in [2.05, 4.69) is 10.6 Å². The van der Waals surface area contributed by atoms with E-state index in [-0.39, 0.29) is 35.0 Å². The van der Waals surface area contributed by atoms with Gasteiger partial charge < -0.3 is 15.7 Å². The minimum absolute atomic E-state index is 0.000755. The van der Waals surface area contributed by atoms with E-state index >= 15 is 4.39 Å². The molecule has 2 fully saturated rings. The number of fused-ring (bicyclic) bond motifs is 2. The number of amides is 1. The van der Waals surface area contributed by atoms with Crippen molar-refractivity contribution in [2.45, 2.75) is 82.4 Å². The van der Waals surface area contributed by atoms with E-state index in [0.29, 0.717) is 35.5 Å². The monoisotopic (exact) mass is 530 g/mol. The lowest BCUT2D eigenvalue weighted by molar-refractivity contribution is -0.126. The quantitative estimate of drug-likeness (QED) is 0.478. The molecule has 0 radical (unpaired) electrons. The molecule has 2 aromatic rings. The Morgan fingerprint density at radius 3 is 2.54 bits per heavy atom. The maximum absolute atomic E-state index is 15.5. The Balaban J connectivity index is 1.69. The number of aliphatic hydroxyl groups is 1. The lowest BCUT2D eigenvalue weighted by atomic mass is 9.61. The van der Waals surface area contributed by atoms with Gasteiger partial charge in [0.2, 0.25) is 5.91 Å². The number of hydrogen-bond donors (Lipinski definition) is 3. The number of rotatable bonds is 5. The third-order valence-electron chi connectivity index (χ3n) is 8.23. The van der Waals surface area contributed by atoms with Crippen molar-refractivity contribution in [3.8, 4) is 0 Å². The van der Waals surface area contributed by atoms with Crippen molar-refractivity contribution in [2.75, 3.05) is 5.32 Å². The second kappa shape index (κ2) is 8.85. The van der Waals surface area contributed by atoms with Gasteiger partial charge in [-0.15, -0.1) is 0 Å². The molecule has 5 rings (SSSR count). The van der Waals surface area contributed by atoms with Crippen molar-refractivity contribution in [2.24, 2.45) is 11.3 Å². The summed E-state index contributed by atoms with van der Waals surface area (Å²) < 4.78 is 30.1. The zero-order valence-electron chi connectivity index (χ0n) is 21.5. The van der Waals surface area contributed by atoms with Crippen molar-refractivity contribution < 1.29 is 23.5 Å². The molecule has 2 aromatic carbocycles. The van der Waals surface area contributed by atoms with Crippen LogP contribution in [0.1, 0.15) is 70.4 Å². The molecule has 2 heterocycles. The molecule has 1 saturated heterocycles. The van der Waals surface area contributed by atoms with Crippen LogP contribution in [0.4, 0.5) is 14.5 Å². The zero-order valence-corrected chi connectivity index (χ0v) is 22.3. The largest absolute Gasteiger partial charge is 0.390 e. The molecule has 1 amide bonds. The number of nitrogens with one attached hydrogen (secondary N) is 2. The number of benzene rings is 2. The van der Waals surface area contributed by atoms with Gasteiger partial charge in [0, 0.05) is 29.1 Å². The number of hydrogen-bond acceptors (Lipinski definition) is 4. The fourth-order valence-corrected chi connectivity index (χ4v) is 7.12. The third-order valence-corrected chi connectivity index (χ3v) is 8.47. The Bertz CT molecular complexity index is 1270. The van der Waals surface area contributed by atoms with Crippen LogP contribution in [0.3, 0.4) is 0 Å². The van der Waals surface area contributed by atoms with E-state index in [1.54, 1.807) is 25.1 Å². The van der Waals surface area contributed by atoms with E-state index in [1.165, 1.54) is 12.1 Å². The first-order valence-corrected chi connectivity index (χ1v) is 13.2. The molecule has 8 heteroatoms. The molecule has 37 heavy (non-hydrogen) atoms. The Morgan fingerprint density at radius 1 is 1.19 bits per heavy atom. The van der Waals surface area contributed by atoms with Gasteiger partial charge in [-0.1, -0.05) is 50.6 Å². The molecule has 198 valence electrons. The highest BCUT2D eigenvalue weighted by Crippen LogP contribution is 2.57. The Kier molecular flexibility index (Phi) is 6.29.